The first kappa shape index (κ1) is 15.0. The van der Waals surface area contributed by atoms with Crippen molar-refractivity contribution in [2.24, 2.45) is 5.92 Å². The fourth-order valence-electron chi connectivity index (χ4n) is 2.18. The molecule has 0 bridgehead atoms. The monoisotopic (exact) mass is 286 g/mol. The van der Waals surface area contributed by atoms with Gasteiger partial charge in [0.05, 0.1) is 17.1 Å². The molecule has 0 fully saturated rings. The van der Waals surface area contributed by atoms with E-state index in [-0.39, 0.29) is 12.5 Å². The normalized spacial score (nSPS) is 12.1. The Bertz CT molecular complexity index is 664. The number of aromatic nitrogens is 1. The molecule has 5 heteroatoms. The molecule has 1 N–H and O–H groups in total. The van der Waals surface area contributed by atoms with Crippen LogP contribution in [0.25, 0.3) is 10.9 Å². The number of para-hydroxylation sites is 1. The molecule has 1 aromatic heterocycles. The molecule has 21 heavy (non-hydrogen) atoms. The third-order valence-corrected chi connectivity index (χ3v) is 3.38. The van der Waals surface area contributed by atoms with Crippen LogP contribution in [0.5, 0.6) is 0 Å². The predicted octanol–water partition coefficient (Wildman–Crippen LogP) is 2.70. The van der Waals surface area contributed by atoms with Crippen LogP contribution in [0.3, 0.4) is 0 Å². The summed E-state index contributed by atoms with van der Waals surface area (Å²) in [6.07, 6.45) is 1.98. The lowest BCUT2D eigenvalue weighted by atomic mass is 10.1. The zero-order valence-corrected chi connectivity index (χ0v) is 12.1. The molecule has 0 aliphatic rings. The summed E-state index contributed by atoms with van der Waals surface area (Å²) >= 11 is 0. The van der Waals surface area contributed by atoms with Crippen molar-refractivity contribution in [3.05, 3.63) is 36.5 Å². The minimum absolute atomic E-state index is 0.110. The highest BCUT2D eigenvalue weighted by molar-refractivity contribution is 6.02. The topological polar surface area (TPSA) is 70.5 Å². The number of carboxylic acid groups (broad SMARTS) is 1. The van der Waals surface area contributed by atoms with Gasteiger partial charge in [-0.1, -0.05) is 32.0 Å². The van der Waals surface area contributed by atoms with E-state index < -0.39 is 11.9 Å². The number of hydrogen-bond donors (Lipinski definition) is 1. The second-order valence-corrected chi connectivity index (χ2v) is 4.95. The fourth-order valence-corrected chi connectivity index (χ4v) is 2.18. The van der Waals surface area contributed by atoms with E-state index in [1.165, 1.54) is 4.90 Å². The predicted molar refractivity (Wildman–Crippen MR) is 81.2 cm³/mol. The number of carbonyl (C=O) groups excluding carboxylic acids is 1. The Balaban J connectivity index is 2.48. The molecule has 110 valence electrons. The summed E-state index contributed by atoms with van der Waals surface area (Å²) in [4.78, 5) is 29.2. The van der Waals surface area contributed by atoms with E-state index >= 15 is 0 Å². The Morgan fingerprint density at radius 3 is 2.67 bits per heavy atom. The van der Waals surface area contributed by atoms with Gasteiger partial charge in [0, 0.05) is 24.5 Å². The van der Waals surface area contributed by atoms with E-state index in [1.807, 2.05) is 24.3 Å². The van der Waals surface area contributed by atoms with Gasteiger partial charge in [0.25, 0.3) is 0 Å². The molecule has 1 atom stereocenters. The maximum Gasteiger partial charge on any atom is 0.308 e. The van der Waals surface area contributed by atoms with Gasteiger partial charge in [0.1, 0.15) is 0 Å². The minimum atomic E-state index is -0.919. The number of hydrogen-bond acceptors (Lipinski definition) is 3. The van der Waals surface area contributed by atoms with Gasteiger partial charge in [-0.05, 0) is 12.1 Å². The van der Waals surface area contributed by atoms with Crippen molar-refractivity contribution < 1.29 is 14.7 Å². The highest BCUT2D eigenvalue weighted by Gasteiger charge is 2.22. The lowest BCUT2D eigenvalue weighted by Crippen LogP contribution is -2.36. The van der Waals surface area contributed by atoms with Crippen molar-refractivity contribution in [3.63, 3.8) is 0 Å². The van der Waals surface area contributed by atoms with Crippen LogP contribution in [-0.2, 0) is 9.59 Å². The summed E-state index contributed by atoms with van der Waals surface area (Å²) < 4.78 is 0. The van der Waals surface area contributed by atoms with Crippen LogP contribution in [0, 0.1) is 5.92 Å². The highest BCUT2D eigenvalue weighted by atomic mass is 16.4. The minimum Gasteiger partial charge on any atom is -0.481 e. The third-order valence-electron chi connectivity index (χ3n) is 3.38. The second-order valence-electron chi connectivity index (χ2n) is 4.95. The third kappa shape index (κ3) is 3.18. The molecule has 0 radical (unpaired) electrons. The summed E-state index contributed by atoms with van der Waals surface area (Å²) in [6.45, 7) is 3.49. The van der Waals surface area contributed by atoms with Crippen LogP contribution in [0.4, 0.5) is 5.69 Å². The molecule has 1 unspecified atom stereocenters. The molecule has 1 amide bonds. The molecular formula is C16H18N2O3. The van der Waals surface area contributed by atoms with Crippen molar-refractivity contribution in [2.75, 3.05) is 11.4 Å². The first-order valence-corrected chi connectivity index (χ1v) is 6.91. The number of benzene rings is 1. The maximum absolute atomic E-state index is 12.2. The molecule has 1 aromatic carbocycles. The second kappa shape index (κ2) is 6.35. The Morgan fingerprint density at radius 1 is 1.29 bits per heavy atom. The van der Waals surface area contributed by atoms with Gasteiger partial charge >= 0.3 is 5.97 Å². The molecule has 2 rings (SSSR count). The van der Waals surface area contributed by atoms with Crippen LogP contribution < -0.4 is 4.90 Å². The standard InChI is InChI=1S/C16H18N2O3/c1-3-14(19)18(10-11(2)16(20)21)13-8-4-6-12-7-5-9-17-15(12)13/h4-9,11H,3,10H2,1-2H3,(H,20,21). The number of pyridine rings is 1. The van der Waals surface area contributed by atoms with Crippen LogP contribution in [0.2, 0.25) is 0 Å². The lowest BCUT2D eigenvalue weighted by Gasteiger charge is -2.25. The van der Waals surface area contributed by atoms with Gasteiger partial charge in [0.2, 0.25) is 5.91 Å². The Hall–Kier alpha value is -2.43. The number of amides is 1. The highest BCUT2D eigenvalue weighted by Crippen LogP contribution is 2.26. The lowest BCUT2D eigenvalue weighted by molar-refractivity contribution is -0.140. The van der Waals surface area contributed by atoms with Crippen LogP contribution >= 0.6 is 0 Å². The van der Waals surface area contributed by atoms with E-state index in [0.717, 1.165) is 5.39 Å². The van der Waals surface area contributed by atoms with Crippen LogP contribution in [0.15, 0.2) is 36.5 Å². The maximum atomic E-state index is 12.2. The summed E-state index contributed by atoms with van der Waals surface area (Å²) in [5.41, 5.74) is 1.37. The summed E-state index contributed by atoms with van der Waals surface area (Å²) in [7, 11) is 0. The van der Waals surface area contributed by atoms with Gasteiger partial charge in [-0.2, -0.15) is 0 Å². The number of fused-ring (bicyclic) bond motifs is 1. The average molecular weight is 286 g/mol. The van der Waals surface area contributed by atoms with Gasteiger partial charge in [-0.25, -0.2) is 0 Å². The summed E-state index contributed by atoms with van der Waals surface area (Å²) in [6, 6.07) is 9.32. The molecule has 0 aliphatic carbocycles. The molecule has 5 nitrogen and oxygen atoms in total. The van der Waals surface area contributed by atoms with Crippen molar-refractivity contribution >= 4 is 28.5 Å². The number of rotatable bonds is 5. The zero-order chi connectivity index (χ0) is 15.4. The fraction of sp³-hybridized carbons (Fsp3) is 0.312. The van der Waals surface area contributed by atoms with E-state index in [9.17, 15) is 9.59 Å². The van der Waals surface area contributed by atoms with Gasteiger partial charge < -0.3 is 10.0 Å². The first-order chi connectivity index (χ1) is 10.0. The van der Waals surface area contributed by atoms with Gasteiger partial charge in [-0.3, -0.25) is 14.6 Å². The first-order valence-electron chi connectivity index (χ1n) is 6.91. The van der Waals surface area contributed by atoms with Gasteiger partial charge in [-0.15, -0.1) is 0 Å². The van der Waals surface area contributed by atoms with Crippen LogP contribution in [-0.4, -0.2) is 28.5 Å². The molecule has 0 aliphatic heterocycles. The molecule has 0 saturated carbocycles. The average Bonchev–Trinajstić information content (AvgIpc) is 2.51. The number of carbonyl (C=O) groups is 2. The Kier molecular flexibility index (Phi) is 4.52. The van der Waals surface area contributed by atoms with Crippen molar-refractivity contribution in [1.82, 2.24) is 4.98 Å². The Labute approximate surface area is 123 Å². The summed E-state index contributed by atoms with van der Waals surface area (Å²) in [5.74, 6) is -1.67. The number of aliphatic carboxylic acids is 1. The van der Waals surface area contributed by atoms with Crippen molar-refractivity contribution in [2.45, 2.75) is 20.3 Å². The van der Waals surface area contributed by atoms with Crippen molar-refractivity contribution in [3.8, 4) is 0 Å². The zero-order valence-electron chi connectivity index (χ0n) is 12.1. The van der Waals surface area contributed by atoms with E-state index in [1.54, 1.807) is 26.1 Å². The quantitative estimate of drug-likeness (QED) is 0.917. The van der Waals surface area contributed by atoms with E-state index in [2.05, 4.69) is 4.98 Å². The number of carboxylic acids is 1. The summed E-state index contributed by atoms with van der Waals surface area (Å²) in [5, 5.41) is 10.0. The molecule has 0 saturated heterocycles. The van der Waals surface area contributed by atoms with E-state index in [4.69, 9.17) is 5.11 Å². The molecule has 0 spiro atoms. The Morgan fingerprint density at radius 2 is 2.00 bits per heavy atom. The molecular weight excluding hydrogens is 268 g/mol. The largest absolute Gasteiger partial charge is 0.481 e. The number of anilines is 1. The van der Waals surface area contributed by atoms with E-state index in [0.29, 0.717) is 17.6 Å². The van der Waals surface area contributed by atoms with Crippen molar-refractivity contribution in [1.29, 1.82) is 0 Å². The molecule has 2 aromatic rings. The van der Waals surface area contributed by atoms with Crippen LogP contribution in [0.1, 0.15) is 20.3 Å². The smallest absolute Gasteiger partial charge is 0.308 e. The van der Waals surface area contributed by atoms with Gasteiger partial charge in [0.15, 0.2) is 0 Å². The molecule has 1 heterocycles. The number of nitrogens with zero attached hydrogens (tertiary/aromatic N) is 2. The SMILES string of the molecule is CCC(=O)N(CC(C)C(=O)O)c1cccc2cccnc12.